The molecule has 108 valence electrons. The molecule has 8 heteroatoms. The number of rotatable bonds is 4. The van der Waals surface area contributed by atoms with Crippen molar-refractivity contribution >= 4 is 54.9 Å². The van der Waals surface area contributed by atoms with E-state index in [0.29, 0.717) is 17.3 Å². The van der Waals surface area contributed by atoms with Gasteiger partial charge in [-0.15, -0.1) is 0 Å². The van der Waals surface area contributed by atoms with Crippen LogP contribution in [0.4, 0.5) is 0 Å². The van der Waals surface area contributed by atoms with Crippen molar-refractivity contribution in [3.8, 4) is 0 Å². The van der Waals surface area contributed by atoms with Gasteiger partial charge in [0.1, 0.15) is 9.84 Å². The van der Waals surface area contributed by atoms with E-state index in [4.69, 9.17) is 11.6 Å². The first-order chi connectivity index (χ1) is 9.29. The number of sulfone groups is 1. The van der Waals surface area contributed by atoms with Crippen LogP contribution in [0.1, 0.15) is 6.42 Å². The highest BCUT2D eigenvalue weighted by molar-refractivity contribution is 14.1. The molecule has 0 saturated heterocycles. The van der Waals surface area contributed by atoms with Crippen molar-refractivity contribution in [3.05, 3.63) is 37.4 Å². The fraction of sp³-hybridized carbons (Fsp3) is 0.333. The summed E-state index contributed by atoms with van der Waals surface area (Å²) in [5.74, 6) is 0.0140. The van der Waals surface area contributed by atoms with Crippen molar-refractivity contribution < 1.29 is 8.42 Å². The molecule has 20 heavy (non-hydrogen) atoms. The molecule has 0 amide bonds. The summed E-state index contributed by atoms with van der Waals surface area (Å²) in [4.78, 5) is 16.6. The Hall–Kier alpha value is -0.670. The molecule has 1 aromatic heterocycles. The van der Waals surface area contributed by atoms with Gasteiger partial charge in [-0.2, -0.15) is 0 Å². The molecule has 0 unspecified atom stereocenters. The van der Waals surface area contributed by atoms with Crippen molar-refractivity contribution in [2.45, 2.75) is 13.0 Å². The van der Waals surface area contributed by atoms with E-state index in [2.05, 4.69) is 27.6 Å². The van der Waals surface area contributed by atoms with Crippen LogP contribution in [0.5, 0.6) is 0 Å². The van der Waals surface area contributed by atoms with E-state index < -0.39 is 9.84 Å². The Morgan fingerprint density at radius 2 is 2.10 bits per heavy atom. The molecule has 0 bridgehead atoms. The molecule has 1 heterocycles. The van der Waals surface area contributed by atoms with E-state index in [1.54, 1.807) is 12.1 Å². The van der Waals surface area contributed by atoms with Crippen LogP contribution >= 0.6 is 34.2 Å². The number of hydrogen-bond acceptors (Lipinski definition) is 4. The summed E-state index contributed by atoms with van der Waals surface area (Å²) >= 11 is 8.12. The Labute approximate surface area is 135 Å². The summed E-state index contributed by atoms with van der Waals surface area (Å²) in [6, 6.07) is 5.32. The molecule has 0 radical (unpaired) electrons. The molecule has 0 spiro atoms. The Morgan fingerprint density at radius 1 is 1.40 bits per heavy atom. The average molecular weight is 427 g/mol. The molecule has 2 aromatic rings. The number of benzene rings is 1. The van der Waals surface area contributed by atoms with E-state index in [0.717, 1.165) is 3.57 Å². The number of fused-ring (bicyclic) bond motifs is 1. The molecular weight excluding hydrogens is 415 g/mol. The normalized spacial score (nSPS) is 11.9. The topological polar surface area (TPSA) is 69.0 Å². The standard InChI is InChI=1S/C12H12ClIN2O3S/c1-20(18,19)7-3-6-16-11(17)8-4-2-5-9(14)10(8)15-12(16)13/h2,4-5H,3,6-7H2,1H3. The van der Waals surface area contributed by atoms with Gasteiger partial charge in [-0.3, -0.25) is 9.36 Å². The number of halogens is 2. The third-order valence-electron chi connectivity index (χ3n) is 2.79. The monoisotopic (exact) mass is 426 g/mol. The maximum atomic E-state index is 12.3. The van der Waals surface area contributed by atoms with Gasteiger partial charge >= 0.3 is 0 Å². The van der Waals surface area contributed by atoms with E-state index in [1.165, 1.54) is 10.8 Å². The van der Waals surface area contributed by atoms with Crippen molar-refractivity contribution in [2.75, 3.05) is 12.0 Å². The molecule has 0 atom stereocenters. The predicted molar refractivity (Wildman–Crippen MR) is 88.1 cm³/mol. The minimum Gasteiger partial charge on any atom is -0.283 e. The van der Waals surface area contributed by atoms with Gasteiger partial charge in [-0.1, -0.05) is 6.07 Å². The van der Waals surface area contributed by atoms with Crippen LogP contribution in [-0.4, -0.2) is 30.0 Å². The predicted octanol–water partition coefficient (Wildman–Crippen LogP) is 2.09. The SMILES string of the molecule is CS(=O)(=O)CCCn1c(Cl)nc2c(I)cccc2c1=O. The second-order valence-electron chi connectivity index (χ2n) is 4.46. The lowest BCUT2D eigenvalue weighted by atomic mass is 10.2. The number of hydrogen-bond donors (Lipinski definition) is 0. The number of para-hydroxylation sites is 1. The van der Waals surface area contributed by atoms with Crippen molar-refractivity contribution in [2.24, 2.45) is 0 Å². The first-order valence-electron chi connectivity index (χ1n) is 5.82. The third kappa shape index (κ3) is 3.50. The van der Waals surface area contributed by atoms with Gasteiger partial charge in [0, 0.05) is 16.4 Å². The zero-order chi connectivity index (χ0) is 14.9. The molecule has 0 N–H and O–H groups in total. The van der Waals surface area contributed by atoms with E-state index >= 15 is 0 Å². The average Bonchev–Trinajstić information content (AvgIpc) is 2.33. The Bertz CT molecular complexity index is 817. The van der Waals surface area contributed by atoms with Gasteiger partial charge in [-0.05, 0) is 52.7 Å². The van der Waals surface area contributed by atoms with Crippen LogP contribution in [0.25, 0.3) is 10.9 Å². The van der Waals surface area contributed by atoms with Crippen molar-refractivity contribution in [1.82, 2.24) is 9.55 Å². The zero-order valence-corrected chi connectivity index (χ0v) is 14.4. The zero-order valence-electron chi connectivity index (χ0n) is 10.6. The molecule has 0 fully saturated rings. The summed E-state index contributed by atoms with van der Waals surface area (Å²) in [6.07, 6.45) is 1.49. The highest BCUT2D eigenvalue weighted by Gasteiger charge is 2.12. The van der Waals surface area contributed by atoms with E-state index in [1.807, 2.05) is 6.07 Å². The lowest BCUT2D eigenvalue weighted by molar-refractivity contribution is 0.588. The fourth-order valence-corrected chi connectivity index (χ4v) is 3.38. The van der Waals surface area contributed by atoms with E-state index in [-0.39, 0.29) is 23.1 Å². The van der Waals surface area contributed by atoms with Gasteiger partial charge in [0.25, 0.3) is 5.56 Å². The quantitative estimate of drug-likeness (QED) is 0.554. The molecule has 5 nitrogen and oxygen atoms in total. The molecule has 0 aliphatic heterocycles. The van der Waals surface area contributed by atoms with Crippen LogP contribution < -0.4 is 5.56 Å². The molecule has 1 aromatic carbocycles. The minimum absolute atomic E-state index is 0.0140. The van der Waals surface area contributed by atoms with Crippen LogP contribution in [0.15, 0.2) is 23.0 Å². The van der Waals surface area contributed by atoms with E-state index in [9.17, 15) is 13.2 Å². The van der Waals surface area contributed by atoms with Gasteiger partial charge < -0.3 is 0 Å². The van der Waals surface area contributed by atoms with Gasteiger partial charge in [0.15, 0.2) is 0 Å². The smallest absolute Gasteiger partial charge is 0.262 e. The Morgan fingerprint density at radius 3 is 2.75 bits per heavy atom. The molecule has 2 rings (SSSR count). The summed E-state index contributed by atoms with van der Waals surface area (Å²) < 4.78 is 24.4. The van der Waals surface area contributed by atoms with Crippen LogP contribution in [0, 0.1) is 3.57 Å². The molecule has 0 aliphatic rings. The summed E-state index contributed by atoms with van der Waals surface area (Å²) in [5, 5.41) is 0.570. The fourth-order valence-electron chi connectivity index (χ4n) is 1.86. The maximum absolute atomic E-state index is 12.3. The highest BCUT2D eigenvalue weighted by Crippen LogP contribution is 2.18. The molecule has 0 saturated carbocycles. The number of aromatic nitrogens is 2. The Balaban J connectivity index is 2.42. The lowest BCUT2D eigenvalue weighted by Crippen LogP contribution is -2.23. The summed E-state index contributed by atoms with van der Waals surface area (Å²) in [6.45, 7) is 0.235. The third-order valence-corrected chi connectivity index (χ3v) is 4.98. The van der Waals surface area contributed by atoms with Crippen molar-refractivity contribution in [1.29, 1.82) is 0 Å². The second kappa shape index (κ2) is 5.98. The van der Waals surface area contributed by atoms with Crippen LogP contribution in [0.2, 0.25) is 5.28 Å². The van der Waals surface area contributed by atoms with Crippen molar-refractivity contribution in [3.63, 3.8) is 0 Å². The van der Waals surface area contributed by atoms with Gasteiger partial charge in [0.2, 0.25) is 5.28 Å². The van der Waals surface area contributed by atoms with Gasteiger partial charge in [-0.25, -0.2) is 13.4 Å². The largest absolute Gasteiger partial charge is 0.283 e. The molecular formula is C12H12ClIN2O3S. The maximum Gasteiger partial charge on any atom is 0.262 e. The minimum atomic E-state index is -3.05. The highest BCUT2D eigenvalue weighted by atomic mass is 127. The second-order valence-corrected chi connectivity index (χ2v) is 8.22. The Kier molecular flexibility index (Phi) is 4.70. The first kappa shape index (κ1) is 15.7. The van der Waals surface area contributed by atoms with Crippen LogP contribution in [-0.2, 0) is 16.4 Å². The van der Waals surface area contributed by atoms with Gasteiger partial charge in [0.05, 0.1) is 16.7 Å². The first-order valence-corrected chi connectivity index (χ1v) is 9.33. The number of nitrogens with zero attached hydrogens (tertiary/aromatic N) is 2. The summed E-state index contributed by atoms with van der Waals surface area (Å²) in [5.41, 5.74) is 0.328. The van der Waals surface area contributed by atoms with Crippen LogP contribution in [0.3, 0.4) is 0 Å². The lowest BCUT2D eigenvalue weighted by Gasteiger charge is -2.09. The molecule has 0 aliphatic carbocycles. The summed E-state index contributed by atoms with van der Waals surface area (Å²) in [7, 11) is -3.05.